The minimum atomic E-state index is -0.341. The Morgan fingerprint density at radius 2 is 1.14 bits per heavy atom. The molecule has 2 rings (SSSR count). The number of carbonyl (C=O) groups is 2. The van der Waals surface area contributed by atoms with E-state index in [1.807, 2.05) is 12.1 Å². The number of unbranched alkanes of at least 4 members (excludes halogenated alkanes) is 3. The number of esters is 2. The van der Waals surface area contributed by atoms with Gasteiger partial charge in [-0.1, -0.05) is 25.0 Å². The van der Waals surface area contributed by atoms with E-state index in [1.165, 1.54) is 12.1 Å². The van der Waals surface area contributed by atoms with Crippen molar-refractivity contribution >= 4 is 11.9 Å². The van der Waals surface area contributed by atoms with Gasteiger partial charge in [0.15, 0.2) is 0 Å². The number of benzene rings is 2. The summed E-state index contributed by atoms with van der Waals surface area (Å²) in [5.74, 6) is 0.0540. The van der Waals surface area contributed by atoms with Crippen molar-refractivity contribution in [2.45, 2.75) is 38.5 Å². The molecule has 0 atom stereocenters. The van der Waals surface area contributed by atoms with Crippen LogP contribution in [-0.4, -0.2) is 11.9 Å². The first kappa shape index (κ1) is 20.7. The summed E-state index contributed by atoms with van der Waals surface area (Å²) in [6.07, 6.45) is 3.48. The van der Waals surface area contributed by atoms with Crippen LogP contribution in [0.4, 0.5) is 0 Å². The summed E-state index contributed by atoms with van der Waals surface area (Å²) in [6, 6.07) is 16.9. The van der Waals surface area contributed by atoms with E-state index in [0.29, 0.717) is 35.5 Å². The van der Waals surface area contributed by atoms with Crippen LogP contribution in [-0.2, 0) is 9.59 Å². The van der Waals surface area contributed by atoms with Crippen molar-refractivity contribution in [3.05, 3.63) is 59.7 Å². The van der Waals surface area contributed by atoms with Crippen LogP contribution < -0.4 is 9.47 Å². The third kappa shape index (κ3) is 7.31. The lowest BCUT2D eigenvalue weighted by atomic mass is 10.1. The number of hydrogen-bond acceptors (Lipinski definition) is 6. The Morgan fingerprint density at radius 1 is 0.714 bits per heavy atom. The van der Waals surface area contributed by atoms with E-state index in [-0.39, 0.29) is 24.8 Å². The van der Waals surface area contributed by atoms with Crippen molar-refractivity contribution < 1.29 is 19.1 Å². The van der Waals surface area contributed by atoms with Gasteiger partial charge in [0.25, 0.3) is 0 Å². The van der Waals surface area contributed by atoms with Gasteiger partial charge in [-0.25, -0.2) is 0 Å². The van der Waals surface area contributed by atoms with Gasteiger partial charge in [0.1, 0.15) is 11.5 Å². The minimum Gasteiger partial charge on any atom is -0.426 e. The second-order valence-electron chi connectivity index (χ2n) is 6.14. The number of rotatable bonds is 9. The van der Waals surface area contributed by atoms with Crippen LogP contribution in [0.5, 0.6) is 11.5 Å². The van der Waals surface area contributed by atoms with Gasteiger partial charge in [0, 0.05) is 12.8 Å². The van der Waals surface area contributed by atoms with E-state index in [2.05, 4.69) is 0 Å². The van der Waals surface area contributed by atoms with E-state index >= 15 is 0 Å². The Labute approximate surface area is 163 Å². The standard InChI is InChI=1S/C22H20N2O4/c23-15-17-7-5-9-19(13-17)27-21(25)11-3-1-2-4-12-22(26)28-20-10-6-8-18(14-20)16-24/h5-10,13-14H,1-4,11-12H2. The zero-order valence-electron chi connectivity index (χ0n) is 15.4. The van der Waals surface area contributed by atoms with E-state index < -0.39 is 0 Å². The summed E-state index contributed by atoms with van der Waals surface area (Å²) < 4.78 is 10.4. The molecule has 2 aromatic carbocycles. The lowest BCUT2D eigenvalue weighted by Gasteiger charge is -2.05. The SMILES string of the molecule is N#Cc1cccc(OC(=O)CCCCCCC(=O)Oc2cccc(C#N)c2)c1. The molecule has 0 heterocycles. The van der Waals surface area contributed by atoms with Crippen LogP contribution in [0.25, 0.3) is 0 Å². The maximum absolute atomic E-state index is 11.8. The fourth-order valence-electron chi connectivity index (χ4n) is 2.52. The van der Waals surface area contributed by atoms with Gasteiger partial charge in [0.05, 0.1) is 23.3 Å². The highest BCUT2D eigenvalue weighted by Crippen LogP contribution is 2.16. The van der Waals surface area contributed by atoms with E-state index in [1.54, 1.807) is 36.4 Å². The smallest absolute Gasteiger partial charge is 0.311 e. The molecule has 0 radical (unpaired) electrons. The van der Waals surface area contributed by atoms with Crippen molar-refractivity contribution in [2.75, 3.05) is 0 Å². The summed E-state index contributed by atoms with van der Waals surface area (Å²) in [5, 5.41) is 17.7. The first-order chi connectivity index (χ1) is 13.6. The molecule has 2 aromatic rings. The molecular formula is C22H20N2O4. The third-order valence-corrected chi connectivity index (χ3v) is 3.90. The molecule has 6 nitrogen and oxygen atoms in total. The molecule has 0 spiro atoms. The van der Waals surface area contributed by atoms with Gasteiger partial charge in [0.2, 0.25) is 0 Å². The van der Waals surface area contributed by atoms with Gasteiger partial charge < -0.3 is 9.47 Å². The topological polar surface area (TPSA) is 100 Å². The first-order valence-corrected chi connectivity index (χ1v) is 9.02. The molecule has 0 saturated carbocycles. The summed E-state index contributed by atoms with van der Waals surface area (Å²) in [7, 11) is 0. The molecular weight excluding hydrogens is 356 g/mol. The number of nitrogens with zero attached hydrogens (tertiary/aromatic N) is 2. The minimum absolute atomic E-state index is 0.280. The highest BCUT2D eigenvalue weighted by molar-refractivity contribution is 5.73. The average molecular weight is 376 g/mol. The predicted octanol–water partition coefficient (Wildman–Crippen LogP) is 4.28. The molecule has 0 aliphatic carbocycles. The van der Waals surface area contributed by atoms with E-state index in [9.17, 15) is 9.59 Å². The predicted molar refractivity (Wildman–Crippen MR) is 101 cm³/mol. The molecule has 0 bridgehead atoms. The lowest BCUT2D eigenvalue weighted by Crippen LogP contribution is -2.08. The van der Waals surface area contributed by atoms with Crippen LogP contribution >= 0.6 is 0 Å². The van der Waals surface area contributed by atoms with Crippen LogP contribution in [0, 0.1) is 22.7 Å². The molecule has 0 saturated heterocycles. The van der Waals surface area contributed by atoms with Crippen molar-refractivity contribution in [2.24, 2.45) is 0 Å². The Hall–Kier alpha value is -3.64. The Kier molecular flexibility index (Phi) is 8.23. The number of ether oxygens (including phenoxy) is 2. The monoisotopic (exact) mass is 376 g/mol. The summed E-state index contributed by atoms with van der Waals surface area (Å²) in [6.45, 7) is 0. The zero-order valence-corrected chi connectivity index (χ0v) is 15.4. The first-order valence-electron chi connectivity index (χ1n) is 9.02. The Bertz CT molecular complexity index is 834. The normalized spacial score (nSPS) is 9.79. The zero-order chi connectivity index (χ0) is 20.2. The number of nitriles is 2. The largest absolute Gasteiger partial charge is 0.426 e. The highest BCUT2D eigenvalue weighted by Gasteiger charge is 2.07. The fraction of sp³-hybridized carbons (Fsp3) is 0.273. The van der Waals surface area contributed by atoms with Gasteiger partial charge in [-0.3, -0.25) is 9.59 Å². The van der Waals surface area contributed by atoms with Crippen LogP contribution in [0.15, 0.2) is 48.5 Å². The Balaban J connectivity index is 1.58. The van der Waals surface area contributed by atoms with Crippen molar-refractivity contribution in [3.63, 3.8) is 0 Å². The molecule has 28 heavy (non-hydrogen) atoms. The molecule has 0 amide bonds. The van der Waals surface area contributed by atoms with E-state index in [0.717, 1.165) is 12.8 Å². The lowest BCUT2D eigenvalue weighted by molar-refractivity contribution is -0.135. The maximum atomic E-state index is 11.8. The molecule has 0 unspecified atom stereocenters. The van der Waals surface area contributed by atoms with E-state index in [4.69, 9.17) is 20.0 Å². The van der Waals surface area contributed by atoms with Crippen LogP contribution in [0.2, 0.25) is 0 Å². The molecule has 0 aliphatic heterocycles. The highest BCUT2D eigenvalue weighted by atomic mass is 16.5. The summed E-state index contributed by atoms with van der Waals surface area (Å²) >= 11 is 0. The van der Waals surface area contributed by atoms with Crippen LogP contribution in [0.3, 0.4) is 0 Å². The second-order valence-corrected chi connectivity index (χ2v) is 6.14. The number of hydrogen-bond donors (Lipinski definition) is 0. The molecule has 0 aromatic heterocycles. The fourth-order valence-corrected chi connectivity index (χ4v) is 2.52. The maximum Gasteiger partial charge on any atom is 0.311 e. The second kappa shape index (κ2) is 11.2. The quantitative estimate of drug-likeness (QED) is 0.368. The van der Waals surface area contributed by atoms with Gasteiger partial charge in [-0.2, -0.15) is 10.5 Å². The van der Waals surface area contributed by atoms with Crippen molar-refractivity contribution in [3.8, 4) is 23.6 Å². The van der Waals surface area contributed by atoms with Crippen molar-refractivity contribution in [1.82, 2.24) is 0 Å². The van der Waals surface area contributed by atoms with Gasteiger partial charge in [-0.15, -0.1) is 0 Å². The van der Waals surface area contributed by atoms with Gasteiger partial charge in [-0.05, 0) is 49.2 Å². The van der Waals surface area contributed by atoms with Gasteiger partial charge >= 0.3 is 11.9 Å². The Morgan fingerprint density at radius 3 is 1.54 bits per heavy atom. The summed E-state index contributed by atoms with van der Waals surface area (Å²) in [5.41, 5.74) is 0.882. The number of carbonyl (C=O) groups excluding carboxylic acids is 2. The molecule has 0 aliphatic rings. The average Bonchev–Trinajstić information content (AvgIpc) is 2.70. The van der Waals surface area contributed by atoms with Crippen molar-refractivity contribution in [1.29, 1.82) is 10.5 Å². The third-order valence-electron chi connectivity index (χ3n) is 3.90. The molecule has 0 fully saturated rings. The summed E-state index contributed by atoms with van der Waals surface area (Å²) in [4.78, 5) is 23.6. The molecule has 0 N–H and O–H groups in total. The molecule has 142 valence electrons. The molecule has 6 heteroatoms. The van der Waals surface area contributed by atoms with Crippen LogP contribution in [0.1, 0.15) is 49.7 Å².